The van der Waals surface area contributed by atoms with E-state index in [9.17, 15) is 4.79 Å². The van der Waals surface area contributed by atoms with Gasteiger partial charge in [0, 0.05) is 5.92 Å². The zero-order valence-electron chi connectivity index (χ0n) is 21.2. The smallest absolute Gasteiger partial charge is 0.201 e. The highest BCUT2D eigenvalue weighted by molar-refractivity contribution is 5.54. The Labute approximate surface area is 191 Å². The van der Waals surface area contributed by atoms with E-state index < -0.39 is 0 Å². The van der Waals surface area contributed by atoms with E-state index in [1.54, 1.807) is 0 Å². The molecule has 0 rings (SSSR count). The molecule has 179 valence electrons. The van der Waals surface area contributed by atoms with Crippen molar-refractivity contribution >= 4 is 6.29 Å². The third kappa shape index (κ3) is 23.9. The Kier molecular flexibility index (Phi) is 26.4. The number of rotatable bonds is 26. The second kappa shape index (κ2) is 26.7. The van der Waals surface area contributed by atoms with Gasteiger partial charge in [0.1, 0.15) is 0 Å². The molecule has 1 unspecified atom stereocenters. The molecule has 0 saturated heterocycles. The van der Waals surface area contributed by atoms with Crippen LogP contribution in [0.5, 0.6) is 0 Å². The first-order valence-corrected chi connectivity index (χ1v) is 14.2. The van der Waals surface area contributed by atoms with E-state index in [4.69, 9.17) is 0 Å². The average molecular weight is 422 g/mol. The van der Waals surface area contributed by atoms with E-state index >= 15 is 0 Å². The predicted molar refractivity (Wildman–Crippen MR) is 136 cm³/mol. The molecular weight excluding hydrogens is 364 g/mol. The van der Waals surface area contributed by atoms with E-state index in [-0.39, 0.29) is 5.92 Å². The first-order chi connectivity index (χ1) is 14.8. The zero-order valence-corrected chi connectivity index (χ0v) is 21.2. The van der Waals surface area contributed by atoms with Gasteiger partial charge in [-0.1, -0.05) is 162 Å². The van der Waals surface area contributed by atoms with Gasteiger partial charge >= 0.3 is 0 Å². The van der Waals surface area contributed by atoms with Crippen LogP contribution in [0, 0.1) is 5.92 Å². The van der Waals surface area contributed by atoms with Crippen LogP contribution in [-0.4, -0.2) is 6.29 Å². The number of unbranched alkanes of at least 4 members (excludes halogenated alkanes) is 21. The molecule has 0 aliphatic carbocycles. The molecule has 1 atom stereocenters. The molecule has 0 aromatic rings. The van der Waals surface area contributed by atoms with Gasteiger partial charge in [-0.3, -0.25) is 4.79 Å². The summed E-state index contributed by atoms with van der Waals surface area (Å²) in [6.45, 7) is 4.57. The van der Waals surface area contributed by atoms with Crippen molar-refractivity contribution in [3.63, 3.8) is 0 Å². The Hall–Kier alpha value is -0.330. The normalized spacial score (nSPS) is 12.3. The summed E-state index contributed by atoms with van der Waals surface area (Å²) in [5.74, 6) is 0.215. The molecular formula is C29H57O. The maximum Gasteiger partial charge on any atom is 0.201 e. The third-order valence-electron chi connectivity index (χ3n) is 6.73. The average Bonchev–Trinajstić information content (AvgIpc) is 2.76. The maximum absolute atomic E-state index is 11.2. The molecule has 0 fully saturated rings. The lowest BCUT2D eigenvalue weighted by atomic mass is 9.95. The first-order valence-electron chi connectivity index (χ1n) is 14.2. The van der Waals surface area contributed by atoms with Gasteiger partial charge < -0.3 is 0 Å². The van der Waals surface area contributed by atoms with Crippen LogP contribution in [0.4, 0.5) is 0 Å². The molecule has 0 aromatic carbocycles. The van der Waals surface area contributed by atoms with Crippen molar-refractivity contribution < 1.29 is 4.79 Å². The largest absolute Gasteiger partial charge is 0.291 e. The third-order valence-corrected chi connectivity index (χ3v) is 6.73. The number of hydrogen-bond acceptors (Lipinski definition) is 1. The molecule has 0 saturated carbocycles. The van der Waals surface area contributed by atoms with Gasteiger partial charge in [-0.2, -0.15) is 0 Å². The van der Waals surface area contributed by atoms with Gasteiger partial charge in [0.05, 0.1) is 0 Å². The molecule has 0 N–H and O–H groups in total. The highest BCUT2D eigenvalue weighted by Crippen LogP contribution is 2.18. The quantitative estimate of drug-likeness (QED) is 0.127. The molecule has 1 heteroatoms. The maximum atomic E-state index is 11.2. The van der Waals surface area contributed by atoms with Crippen LogP contribution < -0.4 is 0 Å². The van der Waals surface area contributed by atoms with Gasteiger partial charge in [-0.25, -0.2) is 0 Å². The van der Waals surface area contributed by atoms with Crippen molar-refractivity contribution in [2.24, 2.45) is 5.92 Å². The Balaban J connectivity index is 3.28. The molecule has 0 amide bonds. The predicted octanol–water partition coefficient (Wildman–Crippen LogP) is 10.5. The molecule has 0 aliphatic rings. The topological polar surface area (TPSA) is 17.1 Å². The summed E-state index contributed by atoms with van der Waals surface area (Å²) >= 11 is 0. The van der Waals surface area contributed by atoms with Crippen molar-refractivity contribution in [1.29, 1.82) is 0 Å². The van der Waals surface area contributed by atoms with Gasteiger partial charge in [-0.05, 0) is 12.8 Å². The summed E-state index contributed by atoms with van der Waals surface area (Å²) in [4.78, 5) is 11.2. The summed E-state index contributed by atoms with van der Waals surface area (Å²) < 4.78 is 0. The Morgan fingerprint density at radius 1 is 0.400 bits per heavy atom. The van der Waals surface area contributed by atoms with Crippen LogP contribution in [-0.2, 0) is 4.79 Å². The van der Waals surface area contributed by atoms with Crippen molar-refractivity contribution in [3.05, 3.63) is 0 Å². The monoisotopic (exact) mass is 421 g/mol. The van der Waals surface area contributed by atoms with Gasteiger partial charge in [0.25, 0.3) is 0 Å². The lowest BCUT2D eigenvalue weighted by molar-refractivity contribution is 0.448. The zero-order chi connectivity index (χ0) is 22.0. The van der Waals surface area contributed by atoms with Crippen LogP contribution in [0.3, 0.4) is 0 Å². The number of carbonyl (C=O) groups excluding carboxylic acids is 1. The van der Waals surface area contributed by atoms with E-state index in [0.717, 1.165) is 12.8 Å². The molecule has 0 heterocycles. The molecule has 0 spiro atoms. The van der Waals surface area contributed by atoms with Crippen LogP contribution in [0.1, 0.15) is 174 Å². The van der Waals surface area contributed by atoms with Gasteiger partial charge in [0.15, 0.2) is 0 Å². The highest BCUT2D eigenvalue weighted by atomic mass is 16.1. The van der Waals surface area contributed by atoms with Crippen molar-refractivity contribution in [1.82, 2.24) is 0 Å². The SMILES string of the molecule is CCCCCCCCCCCCCCC([C]=O)CCCCCCCCCCCCC. The van der Waals surface area contributed by atoms with Crippen molar-refractivity contribution in [2.75, 3.05) is 0 Å². The fraction of sp³-hybridized carbons (Fsp3) is 0.966. The second-order valence-corrected chi connectivity index (χ2v) is 9.82. The molecule has 30 heavy (non-hydrogen) atoms. The molecule has 0 bridgehead atoms. The first kappa shape index (κ1) is 29.7. The highest BCUT2D eigenvalue weighted by Gasteiger charge is 2.07. The summed E-state index contributed by atoms with van der Waals surface area (Å²) in [5.41, 5.74) is 0. The van der Waals surface area contributed by atoms with Crippen LogP contribution in [0.25, 0.3) is 0 Å². The minimum atomic E-state index is 0.215. The van der Waals surface area contributed by atoms with Crippen LogP contribution in [0.2, 0.25) is 0 Å². The Bertz CT molecular complexity index is 311. The van der Waals surface area contributed by atoms with Gasteiger partial charge in [0.2, 0.25) is 6.29 Å². The number of hydrogen-bond donors (Lipinski definition) is 0. The standard InChI is InChI=1S/C29H57O/c1-3-5-7-9-11-13-15-17-19-21-23-25-27-29(28-30)26-24-22-20-18-16-14-12-10-8-6-4-2/h29H,3-27H2,1-2H3. The van der Waals surface area contributed by atoms with Crippen LogP contribution in [0.15, 0.2) is 0 Å². The molecule has 1 nitrogen and oxygen atoms in total. The summed E-state index contributed by atoms with van der Waals surface area (Å²) in [5, 5.41) is 0. The summed E-state index contributed by atoms with van der Waals surface area (Å²) in [7, 11) is 0. The van der Waals surface area contributed by atoms with Crippen molar-refractivity contribution in [3.8, 4) is 0 Å². The van der Waals surface area contributed by atoms with E-state index in [1.165, 1.54) is 148 Å². The molecule has 0 aliphatic heterocycles. The van der Waals surface area contributed by atoms with E-state index in [1.807, 2.05) is 0 Å². The molecule has 1 radical (unpaired) electrons. The lowest BCUT2D eigenvalue weighted by Gasteiger charge is -2.09. The molecule has 0 aromatic heterocycles. The van der Waals surface area contributed by atoms with Crippen molar-refractivity contribution in [2.45, 2.75) is 174 Å². The Morgan fingerprint density at radius 2 is 0.633 bits per heavy atom. The Morgan fingerprint density at radius 3 is 0.867 bits per heavy atom. The van der Waals surface area contributed by atoms with E-state index in [0.29, 0.717) is 0 Å². The van der Waals surface area contributed by atoms with Gasteiger partial charge in [-0.15, -0.1) is 0 Å². The van der Waals surface area contributed by atoms with Crippen LogP contribution >= 0.6 is 0 Å². The lowest BCUT2D eigenvalue weighted by Crippen LogP contribution is -2.02. The second-order valence-electron chi connectivity index (χ2n) is 9.82. The van der Waals surface area contributed by atoms with E-state index in [2.05, 4.69) is 20.1 Å². The fourth-order valence-electron chi connectivity index (χ4n) is 4.55. The summed E-state index contributed by atoms with van der Waals surface area (Å²) in [6.07, 6.45) is 36.3. The minimum absolute atomic E-state index is 0.215. The minimum Gasteiger partial charge on any atom is -0.291 e. The fourth-order valence-corrected chi connectivity index (χ4v) is 4.55. The summed E-state index contributed by atoms with van der Waals surface area (Å²) in [6, 6.07) is 0.